The van der Waals surface area contributed by atoms with E-state index in [0.717, 1.165) is 18.9 Å². The highest BCUT2D eigenvalue weighted by atomic mass is 16.5. The van der Waals surface area contributed by atoms with E-state index in [1.54, 1.807) is 0 Å². The molecule has 0 radical (unpaired) electrons. The Balaban J connectivity index is 2.13. The van der Waals surface area contributed by atoms with Crippen LogP contribution in [-0.2, 0) is 6.54 Å². The predicted molar refractivity (Wildman–Crippen MR) is 91.9 cm³/mol. The molecular formula is C19H33NO. The van der Waals surface area contributed by atoms with E-state index in [-0.39, 0.29) is 0 Å². The third kappa shape index (κ3) is 9.52. The number of unbranched alkanes of at least 4 members (excludes halogenated alkanes) is 6. The van der Waals surface area contributed by atoms with E-state index >= 15 is 0 Å². The number of rotatable bonds is 12. The van der Waals surface area contributed by atoms with Gasteiger partial charge in [0.15, 0.2) is 0 Å². The Hall–Kier alpha value is -1.02. The summed E-state index contributed by atoms with van der Waals surface area (Å²) < 4.78 is 5.85. The van der Waals surface area contributed by atoms with Crippen LogP contribution in [0, 0.1) is 0 Å². The van der Waals surface area contributed by atoms with Crippen molar-refractivity contribution in [3.63, 3.8) is 0 Å². The molecule has 0 heterocycles. The highest BCUT2D eigenvalue weighted by Crippen LogP contribution is 2.14. The number of benzene rings is 1. The van der Waals surface area contributed by atoms with Crippen LogP contribution < -0.4 is 10.1 Å². The van der Waals surface area contributed by atoms with Crippen LogP contribution in [0.3, 0.4) is 0 Å². The minimum atomic E-state index is 0.516. The maximum absolute atomic E-state index is 5.85. The molecule has 0 aromatic heterocycles. The van der Waals surface area contributed by atoms with Crippen LogP contribution in [0.15, 0.2) is 24.3 Å². The minimum absolute atomic E-state index is 0.516. The molecular weight excluding hydrogens is 258 g/mol. The first-order valence-corrected chi connectivity index (χ1v) is 8.67. The predicted octanol–water partition coefficient (Wildman–Crippen LogP) is 5.31. The Kier molecular flexibility index (Phi) is 9.98. The SMILES string of the molecule is CCCCCCCCCOc1cccc(CNC(C)C)c1. The van der Waals surface area contributed by atoms with Crippen LogP contribution in [0.2, 0.25) is 0 Å². The van der Waals surface area contributed by atoms with E-state index in [2.05, 4.69) is 50.4 Å². The number of hydrogen-bond acceptors (Lipinski definition) is 2. The summed E-state index contributed by atoms with van der Waals surface area (Å²) in [6.07, 6.45) is 9.28. The number of hydrogen-bond donors (Lipinski definition) is 1. The summed E-state index contributed by atoms with van der Waals surface area (Å²) in [5.41, 5.74) is 1.29. The number of nitrogens with one attached hydrogen (secondary N) is 1. The summed E-state index contributed by atoms with van der Waals surface area (Å²) in [6, 6.07) is 8.95. The van der Waals surface area contributed by atoms with Gasteiger partial charge in [0.1, 0.15) is 5.75 Å². The smallest absolute Gasteiger partial charge is 0.119 e. The van der Waals surface area contributed by atoms with Crippen molar-refractivity contribution in [3.05, 3.63) is 29.8 Å². The molecule has 0 saturated carbocycles. The van der Waals surface area contributed by atoms with Gasteiger partial charge in [-0.05, 0) is 24.1 Å². The Morgan fingerprint density at radius 2 is 1.71 bits per heavy atom. The first kappa shape index (κ1) is 18.0. The van der Waals surface area contributed by atoms with E-state index in [1.165, 1.54) is 50.5 Å². The third-order valence-electron chi connectivity index (χ3n) is 3.63. The molecule has 1 aromatic carbocycles. The van der Waals surface area contributed by atoms with Crippen molar-refractivity contribution in [1.82, 2.24) is 5.32 Å². The van der Waals surface area contributed by atoms with Gasteiger partial charge in [0.2, 0.25) is 0 Å². The topological polar surface area (TPSA) is 21.3 Å². The van der Waals surface area contributed by atoms with Crippen molar-refractivity contribution in [2.45, 2.75) is 78.3 Å². The van der Waals surface area contributed by atoms with Crippen LogP contribution >= 0.6 is 0 Å². The van der Waals surface area contributed by atoms with Crippen molar-refractivity contribution < 1.29 is 4.74 Å². The van der Waals surface area contributed by atoms with Gasteiger partial charge in [-0.15, -0.1) is 0 Å². The van der Waals surface area contributed by atoms with E-state index in [4.69, 9.17) is 4.74 Å². The van der Waals surface area contributed by atoms with Crippen LogP contribution in [0.4, 0.5) is 0 Å². The van der Waals surface area contributed by atoms with Gasteiger partial charge in [-0.25, -0.2) is 0 Å². The first-order valence-electron chi connectivity index (χ1n) is 8.67. The Morgan fingerprint density at radius 3 is 2.43 bits per heavy atom. The molecule has 0 aliphatic carbocycles. The van der Waals surface area contributed by atoms with Gasteiger partial charge in [0, 0.05) is 12.6 Å². The molecule has 0 aliphatic rings. The van der Waals surface area contributed by atoms with Gasteiger partial charge in [-0.3, -0.25) is 0 Å². The molecule has 0 unspecified atom stereocenters. The van der Waals surface area contributed by atoms with Crippen molar-refractivity contribution in [2.75, 3.05) is 6.61 Å². The second kappa shape index (κ2) is 11.6. The van der Waals surface area contributed by atoms with Crippen LogP contribution in [0.25, 0.3) is 0 Å². The molecule has 0 fully saturated rings. The molecule has 0 amide bonds. The first-order chi connectivity index (χ1) is 10.2. The van der Waals surface area contributed by atoms with Crippen LogP contribution in [0.1, 0.15) is 71.3 Å². The average molecular weight is 291 g/mol. The highest BCUT2D eigenvalue weighted by molar-refractivity contribution is 5.28. The van der Waals surface area contributed by atoms with Crippen molar-refractivity contribution in [1.29, 1.82) is 0 Å². The molecule has 0 saturated heterocycles. The molecule has 0 atom stereocenters. The van der Waals surface area contributed by atoms with Crippen LogP contribution in [0.5, 0.6) is 5.75 Å². The summed E-state index contributed by atoms with van der Waals surface area (Å²) in [5, 5.41) is 3.43. The molecule has 1 rings (SSSR count). The van der Waals surface area contributed by atoms with Crippen molar-refractivity contribution >= 4 is 0 Å². The summed E-state index contributed by atoms with van der Waals surface area (Å²) in [5.74, 6) is 1.00. The Labute approximate surface area is 131 Å². The fraction of sp³-hybridized carbons (Fsp3) is 0.684. The summed E-state index contributed by atoms with van der Waals surface area (Å²) in [7, 11) is 0. The Bertz CT molecular complexity index is 362. The van der Waals surface area contributed by atoms with E-state index in [1.807, 2.05) is 0 Å². The molecule has 0 bridgehead atoms. The zero-order valence-corrected chi connectivity index (χ0v) is 14.2. The van der Waals surface area contributed by atoms with Gasteiger partial charge in [-0.1, -0.05) is 71.4 Å². The quantitative estimate of drug-likeness (QED) is 0.527. The van der Waals surface area contributed by atoms with E-state index in [0.29, 0.717) is 6.04 Å². The maximum atomic E-state index is 5.85. The summed E-state index contributed by atoms with van der Waals surface area (Å²) in [6.45, 7) is 8.35. The van der Waals surface area contributed by atoms with Crippen molar-refractivity contribution in [3.8, 4) is 5.75 Å². The molecule has 1 aromatic rings. The van der Waals surface area contributed by atoms with Crippen molar-refractivity contribution in [2.24, 2.45) is 0 Å². The van der Waals surface area contributed by atoms with Gasteiger partial charge in [-0.2, -0.15) is 0 Å². The molecule has 120 valence electrons. The van der Waals surface area contributed by atoms with Gasteiger partial charge < -0.3 is 10.1 Å². The minimum Gasteiger partial charge on any atom is -0.494 e. The summed E-state index contributed by atoms with van der Waals surface area (Å²) >= 11 is 0. The van der Waals surface area contributed by atoms with Gasteiger partial charge in [0.25, 0.3) is 0 Å². The molecule has 21 heavy (non-hydrogen) atoms. The summed E-state index contributed by atoms with van der Waals surface area (Å²) in [4.78, 5) is 0. The zero-order chi connectivity index (χ0) is 15.3. The fourth-order valence-corrected chi connectivity index (χ4v) is 2.32. The standard InChI is InChI=1S/C19H33NO/c1-4-5-6-7-8-9-10-14-21-19-13-11-12-18(15-19)16-20-17(2)3/h11-13,15,17,20H,4-10,14,16H2,1-3H3. The molecule has 0 spiro atoms. The second-order valence-electron chi connectivity index (χ2n) is 6.15. The van der Waals surface area contributed by atoms with Gasteiger partial charge in [0.05, 0.1) is 6.61 Å². The molecule has 2 heteroatoms. The largest absolute Gasteiger partial charge is 0.494 e. The third-order valence-corrected chi connectivity index (χ3v) is 3.63. The highest BCUT2D eigenvalue weighted by Gasteiger charge is 1.99. The molecule has 0 aliphatic heterocycles. The zero-order valence-electron chi connectivity index (χ0n) is 14.2. The number of ether oxygens (including phenoxy) is 1. The lowest BCUT2D eigenvalue weighted by Crippen LogP contribution is -2.21. The van der Waals surface area contributed by atoms with Crippen LogP contribution in [-0.4, -0.2) is 12.6 Å². The molecule has 1 N–H and O–H groups in total. The molecule has 2 nitrogen and oxygen atoms in total. The maximum Gasteiger partial charge on any atom is 0.119 e. The van der Waals surface area contributed by atoms with E-state index < -0.39 is 0 Å². The normalized spacial score (nSPS) is 11.0. The lowest BCUT2D eigenvalue weighted by molar-refractivity contribution is 0.304. The lowest BCUT2D eigenvalue weighted by Gasteiger charge is -2.10. The lowest BCUT2D eigenvalue weighted by atomic mass is 10.1. The second-order valence-corrected chi connectivity index (χ2v) is 6.15. The average Bonchev–Trinajstić information content (AvgIpc) is 2.48. The monoisotopic (exact) mass is 291 g/mol. The Morgan fingerprint density at radius 1 is 1.00 bits per heavy atom. The fourth-order valence-electron chi connectivity index (χ4n) is 2.32. The van der Waals surface area contributed by atoms with E-state index in [9.17, 15) is 0 Å². The van der Waals surface area contributed by atoms with Gasteiger partial charge >= 0.3 is 0 Å².